The van der Waals surface area contributed by atoms with Gasteiger partial charge >= 0.3 is 6.09 Å². The van der Waals surface area contributed by atoms with Gasteiger partial charge in [0.25, 0.3) is 0 Å². The zero-order valence-electron chi connectivity index (χ0n) is 16.6. The fourth-order valence-corrected chi connectivity index (χ4v) is 3.30. The van der Waals surface area contributed by atoms with Gasteiger partial charge in [-0.25, -0.2) is 4.79 Å². The van der Waals surface area contributed by atoms with Gasteiger partial charge in [-0.05, 0) is 39.2 Å². The molecule has 0 spiro atoms. The fraction of sp³-hybridized carbons (Fsp3) is 0.600. The number of piperazine rings is 1. The quantitative estimate of drug-likeness (QED) is 0.344. The van der Waals surface area contributed by atoms with Crippen LogP contribution in [0, 0.1) is 0 Å². The molecule has 7 nitrogen and oxygen atoms in total. The first-order chi connectivity index (χ1) is 12.8. The minimum absolute atomic E-state index is 0.245. The first kappa shape index (κ1) is 21.0. The summed E-state index contributed by atoms with van der Waals surface area (Å²) in [5, 5.41) is 11.8. The third-order valence-corrected chi connectivity index (χ3v) is 4.63. The molecule has 3 N–H and O–H groups in total. The van der Waals surface area contributed by atoms with Crippen LogP contribution in [-0.2, 0) is 4.74 Å². The highest BCUT2D eigenvalue weighted by Crippen LogP contribution is 2.27. The van der Waals surface area contributed by atoms with E-state index in [1.54, 1.807) is 4.90 Å². The molecule has 1 aliphatic heterocycles. The van der Waals surface area contributed by atoms with E-state index in [0.717, 1.165) is 25.9 Å². The summed E-state index contributed by atoms with van der Waals surface area (Å²) in [7, 11) is 0. The molecule has 2 rings (SSSR count). The van der Waals surface area contributed by atoms with Crippen LogP contribution in [0.3, 0.4) is 0 Å². The highest BCUT2D eigenvalue weighted by atomic mass is 16.6. The molecule has 1 atom stereocenters. The lowest BCUT2D eigenvalue weighted by Gasteiger charge is -2.40. The molecule has 0 radical (unpaired) electrons. The predicted octanol–water partition coefficient (Wildman–Crippen LogP) is 3.20. The van der Waals surface area contributed by atoms with Crippen molar-refractivity contribution >= 4 is 11.9 Å². The monoisotopic (exact) mass is 376 g/mol. The maximum atomic E-state index is 12.3. The number of carbonyl (C=O) groups excluding carboxylic acids is 1. The van der Waals surface area contributed by atoms with E-state index >= 15 is 0 Å². The molecule has 0 saturated carbocycles. The predicted molar refractivity (Wildman–Crippen MR) is 106 cm³/mol. The van der Waals surface area contributed by atoms with Crippen LogP contribution in [0.5, 0.6) is 0 Å². The third kappa shape index (κ3) is 6.75. The molecule has 27 heavy (non-hydrogen) atoms. The normalized spacial score (nSPS) is 17.6. The molecule has 0 aliphatic carbocycles. The Labute approximate surface area is 161 Å². The number of hydrogen-bond donors (Lipinski definition) is 2. The highest BCUT2D eigenvalue weighted by Gasteiger charge is 2.29. The van der Waals surface area contributed by atoms with Crippen LogP contribution < -0.4 is 5.73 Å². The Hall–Kier alpha value is -2.28. The molecular formula is C20H32N4O3. The zero-order valence-corrected chi connectivity index (χ0v) is 16.6. The second-order valence-corrected chi connectivity index (χ2v) is 7.91. The first-order valence-electron chi connectivity index (χ1n) is 9.53. The second-order valence-electron chi connectivity index (χ2n) is 7.91. The van der Waals surface area contributed by atoms with Crippen LogP contribution in [0.25, 0.3) is 0 Å². The summed E-state index contributed by atoms with van der Waals surface area (Å²) in [6, 6.07) is 10.6. The van der Waals surface area contributed by atoms with Crippen molar-refractivity contribution in [2.45, 2.75) is 51.7 Å². The molecule has 1 unspecified atom stereocenters. The maximum Gasteiger partial charge on any atom is 0.410 e. The minimum atomic E-state index is -0.477. The summed E-state index contributed by atoms with van der Waals surface area (Å²) in [6.07, 6.45) is 2.07. The van der Waals surface area contributed by atoms with E-state index in [0.29, 0.717) is 19.5 Å². The average Bonchev–Trinajstić information content (AvgIpc) is 2.64. The van der Waals surface area contributed by atoms with Gasteiger partial charge in [-0.3, -0.25) is 4.90 Å². The lowest BCUT2D eigenvalue weighted by molar-refractivity contribution is 0.00965. The van der Waals surface area contributed by atoms with E-state index in [1.807, 2.05) is 39.0 Å². The van der Waals surface area contributed by atoms with Gasteiger partial charge in [0.05, 0.1) is 0 Å². The molecule has 1 amide bonds. The second kappa shape index (κ2) is 9.60. The molecule has 1 aliphatic rings. The summed E-state index contributed by atoms with van der Waals surface area (Å²) in [5.41, 5.74) is 6.38. The maximum absolute atomic E-state index is 12.3. The van der Waals surface area contributed by atoms with E-state index in [1.165, 1.54) is 5.56 Å². The number of oxime groups is 1. The summed E-state index contributed by atoms with van der Waals surface area (Å²) < 4.78 is 5.48. The molecule has 1 heterocycles. The number of carbonyl (C=O) groups is 1. The van der Waals surface area contributed by atoms with E-state index in [4.69, 9.17) is 15.7 Å². The van der Waals surface area contributed by atoms with Crippen molar-refractivity contribution in [3.8, 4) is 0 Å². The van der Waals surface area contributed by atoms with Crippen molar-refractivity contribution in [3.63, 3.8) is 0 Å². The molecule has 7 heteroatoms. The van der Waals surface area contributed by atoms with Crippen LogP contribution in [0.4, 0.5) is 4.79 Å². The van der Waals surface area contributed by atoms with Crippen molar-refractivity contribution < 1.29 is 14.7 Å². The van der Waals surface area contributed by atoms with Crippen molar-refractivity contribution in [1.29, 1.82) is 0 Å². The van der Waals surface area contributed by atoms with Crippen LogP contribution in [-0.4, -0.2) is 58.7 Å². The van der Waals surface area contributed by atoms with Gasteiger partial charge < -0.3 is 20.6 Å². The fourth-order valence-electron chi connectivity index (χ4n) is 3.30. The lowest BCUT2D eigenvalue weighted by Crippen LogP contribution is -2.50. The Morgan fingerprint density at radius 1 is 1.22 bits per heavy atom. The summed E-state index contributed by atoms with van der Waals surface area (Å²) in [4.78, 5) is 16.5. The SMILES string of the molecule is CC(C)(C)OC(=O)N1CCN(C(CCCC(N)=NO)c2ccccc2)CC1. The van der Waals surface area contributed by atoms with Gasteiger partial charge in [-0.2, -0.15) is 0 Å². The van der Waals surface area contributed by atoms with Gasteiger partial charge in [0, 0.05) is 38.6 Å². The number of rotatable bonds is 6. The Balaban J connectivity index is 1.97. The number of ether oxygens (including phenoxy) is 1. The number of amides is 1. The highest BCUT2D eigenvalue weighted by molar-refractivity contribution is 5.79. The Bertz CT molecular complexity index is 620. The topological polar surface area (TPSA) is 91.4 Å². The van der Waals surface area contributed by atoms with E-state index in [9.17, 15) is 4.79 Å². The molecule has 1 saturated heterocycles. The molecule has 1 aromatic carbocycles. The van der Waals surface area contributed by atoms with E-state index < -0.39 is 5.60 Å². The van der Waals surface area contributed by atoms with Gasteiger partial charge in [0.2, 0.25) is 0 Å². The van der Waals surface area contributed by atoms with Crippen molar-refractivity contribution in [2.24, 2.45) is 10.9 Å². The minimum Gasteiger partial charge on any atom is -0.444 e. The number of amidine groups is 1. The van der Waals surface area contributed by atoms with Crippen LogP contribution in [0.2, 0.25) is 0 Å². The molecular weight excluding hydrogens is 344 g/mol. The van der Waals surface area contributed by atoms with Crippen molar-refractivity contribution in [1.82, 2.24) is 9.80 Å². The van der Waals surface area contributed by atoms with Gasteiger partial charge in [0.1, 0.15) is 11.4 Å². The Morgan fingerprint density at radius 2 is 1.85 bits per heavy atom. The first-order valence-corrected chi connectivity index (χ1v) is 9.53. The van der Waals surface area contributed by atoms with Gasteiger partial charge in [0.15, 0.2) is 0 Å². The smallest absolute Gasteiger partial charge is 0.410 e. The molecule has 0 bridgehead atoms. The zero-order chi connectivity index (χ0) is 19.9. The number of hydrogen-bond acceptors (Lipinski definition) is 5. The molecule has 150 valence electrons. The molecule has 1 fully saturated rings. The molecule has 0 aromatic heterocycles. The van der Waals surface area contributed by atoms with Crippen LogP contribution in [0.15, 0.2) is 35.5 Å². The van der Waals surface area contributed by atoms with E-state index in [-0.39, 0.29) is 18.0 Å². The van der Waals surface area contributed by atoms with E-state index in [2.05, 4.69) is 22.2 Å². The average molecular weight is 377 g/mol. The van der Waals surface area contributed by atoms with Crippen LogP contribution >= 0.6 is 0 Å². The van der Waals surface area contributed by atoms with Gasteiger partial charge in [-0.15, -0.1) is 0 Å². The summed E-state index contributed by atoms with van der Waals surface area (Å²) >= 11 is 0. The third-order valence-electron chi connectivity index (χ3n) is 4.63. The standard InChI is InChI=1S/C20H32N4O3/c1-20(2,3)27-19(25)24-14-12-23(13-15-24)17(10-7-11-18(21)22-26)16-8-5-4-6-9-16/h4-6,8-9,17,26H,7,10-15H2,1-3H3,(H2,21,22). The van der Waals surface area contributed by atoms with Crippen LogP contribution in [0.1, 0.15) is 51.6 Å². The van der Waals surface area contributed by atoms with Crippen molar-refractivity contribution in [2.75, 3.05) is 26.2 Å². The summed E-state index contributed by atoms with van der Waals surface area (Å²) in [6.45, 7) is 8.54. The molecule has 1 aromatic rings. The summed E-state index contributed by atoms with van der Waals surface area (Å²) in [5.74, 6) is 0.261. The Morgan fingerprint density at radius 3 is 2.41 bits per heavy atom. The lowest BCUT2D eigenvalue weighted by atomic mass is 9.98. The number of nitrogens with zero attached hydrogens (tertiary/aromatic N) is 3. The largest absolute Gasteiger partial charge is 0.444 e. The number of benzene rings is 1. The number of nitrogens with two attached hydrogens (primary N) is 1. The Kier molecular flexibility index (Phi) is 7.47. The van der Waals surface area contributed by atoms with Crippen molar-refractivity contribution in [3.05, 3.63) is 35.9 Å². The van der Waals surface area contributed by atoms with Gasteiger partial charge in [-0.1, -0.05) is 35.5 Å².